The van der Waals surface area contributed by atoms with Crippen molar-refractivity contribution < 1.29 is 28.6 Å². The highest BCUT2D eigenvalue weighted by atomic mass is 16.6. The normalized spacial score (nSPS) is 12.9. The van der Waals surface area contributed by atoms with Gasteiger partial charge in [0.25, 0.3) is 0 Å². The van der Waals surface area contributed by atoms with E-state index in [1.165, 1.54) is 128 Å². The van der Waals surface area contributed by atoms with Crippen LogP contribution in [0.1, 0.15) is 278 Å². The van der Waals surface area contributed by atoms with Crippen LogP contribution in [0.25, 0.3) is 0 Å². The van der Waals surface area contributed by atoms with E-state index in [1.54, 1.807) is 0 Å². The monoisotopic (exact) mass is 1040 g/mol. The van der Waals surface area contributed by atoms with E-state index < -0.39 is 6.10 Å². The first-order chi connectivity index (χ1) is 37.0. The fourth-order valence-electron chi connectivity index (χ4n) is 8.28. The SMILES string of the molecule is CC/C=C\C/C=C\C/C=C\C/C=C\C/C=C\C/C=C\C/C=C\CCCC(=O)OCC(COC(=O)CCCCCCCCC/C=C\CCCCCCCC)OC(=O)CCCCCCCCC/C=C\C/C=C\CCCCC. The van der Waals surface area contributed by atoms with Crippen LogP contribution in [-0.2, 0) is 28.6 Å². The molecule has 0 saturated heterocycles. The van der Waals surface area contributed by atoms with Crippen LogP contribution in [0.2, 0.25) is 0 Å². The van der Waals surface area contributed by atoms with Crippen molar-refractivity contribution in [2.24, 2.45) is 0 Å². The number of allylic oxidation sites excluding steroid dienone is 20. The minimum absolute atomic E-state index is 0.104. The molecule has 0 N–H and O–H groups in total. The van der Waals surface area contributed by atoms with E-state index in [4.69, 9.17) is 14.2 Å². The molecular weight excluding hydrogens is 925 g/mol. The van der Waals surface area contributed by atoms with Crippen molar-refractivity contribution in [3.63, 3.8) is 0 Å². The fourth-order valence-corrected chi connectivity index (χ4v) is 8.28. The third kappa shape index (κ3) is 60.6. The Morgan fingerprint density at radius 3 is 0.907 bits per heavy atom. The van der Waals surface area contributed by atoms with E-state index in [0.29, 0.717) is 19.3 Å². The van der Waals surface area contributed by atoms with Gasteiger partial charge in [-0.2, -0.15) is 0 Å². The Labute approximate surface area is 462 Å². The van der Waals surface area contributed by atoms with Gasteiger partial charge in [-0.1, -0.05) is 251 Å². The first-order valence-electron chi connectivity index (χ1n) is 31.0. The summed E-state index contributed by atoms with van der Waals surface area (Å²) in [6.07, 6.45) is 86.2. The van der Waals surface area contributed by atoms with E-state index >= 15 is 0 Å². The van der Waals surface area contributed by atoms with Gasteiger partial charge in [0.05, 0.1) is 0 Å². The second kappa shape index (κ2) is 62.4. The molecule has 0 rings (SSSR count). The molecule has 0 bridgehead atoms. The van der Waals surface area contributed by atoms with Gasteiger partial charge in [-0.3, -0.25) is 14.4 Å². The molecule has 0 aliphatic heterocycles. The zero-order valence-electron chi connectivity index (χ0n) is 48.8. The van der Waals surface area contributed by atoms with Gasteiger partial charge in [-0.25, -0.2) is 0 Å². The largest absolute Gasteiger partial charge is 0.462 e. The third-order valence-corrected chi connectivity index (χ3v) is 12.9. The van der Waals surface area contributed by atoms with Crippen molar-refractivity contribution in [1.29, 1.82) is 0 Å². The Hall–Kier alpha value is -4.19. The first kappa shape index (κ1) is 70.8. The third-order valence-electron chi connectivity index (χ3n) is 12.9. The van der Waals surface area contributed by atoms with E-state index in [0.717, 1.165) is 103 Å². The molecule has 0 aromatic carbocycles. The van der Waals surface area contributed by atoms with Gasteiger partial charge in [0.15, 0.2) is 6.10 Å². The summed E-state index contributed by atoms with van der Waals surface area (Å²) >= 11 is 0. The molecule has 0 aliphatic rings. The first-order valence-corrected chi connectivity index (χ1v) is 31.0. The summed E-state index contributed by atoms with van der Waals surface area (Å²) in [7, 11) is 0. The zero-order chi connectivity index (χ0) is 54.3. The average Bonchev–Trinajstić information content (AvgIpc) is 3.41. The van der Waals surface area contributed by atoms with Crippen LogP contribution in [0, 0.1) is 0 Å². The molecule has 0 fully saturated rings. The Balaban J connectivity index is 4.51. The van der Waals surface area contributed by atoms with Gasteiger partial charge in [-0.15, -0.1) is 0 Å². The Morgan fingerprint density at radius 1 is 0.280 bits per heavy atom. The molecule has 0 heterocycles. The van der Waals surface area contributed by atoms with Crippen LogP contribution >= 0.6 is 0 Å². The number of esters is 3. The number of rotatable bonds is 55. The summed E-state index contributed by atoms with van der Waals surface area (Å²) in [5.41, 5.74) is 0. The van der Waals surface area contributed by atoms with Crippen LogP contribution in [0.15, 0.2) is 122 Å². The molecule has 426 valence electrons. The summed E-state index contributed by atoms with van der Waals surface area (Å²) in [6, 6.07) is 0. The highest BCUT2D eigenvalue weighted by Crippen LogP contribution is 2.14. The zero-order valence-corrected chi connectivity index (χ0v) is 48.8. The highest BCUT2D eigenvalue weighted by molar-refractivity contribution is 5.71. The maximum atomic E-state index is 12.9. The van der Waals surface area contributed by atoms with Crippen LogP contribution in [-0.4, -0.2) is 37.2 Å². The smallest absolute Gasteiger partial charge is 0.306 e. The molecule has 0 spiro atoms. The average molecular weight is 1040 g/mol. The summed E-state index contributed by atoms with van der Waals surface area (Å²) in [5, 5.41) is 0. The summed E-state index contributed by atoms with van der Waals surface area (Å²) in [4.78, 5) is 38.3. The minimum atomic E-state index is -0.812. The molecule has 0 saturated carbocycles. The lowest BCUT2D eigenvalue weighted by atomic mass is 10.1. The quantitative estimate of drug-likeness (QED) is 0.0261. The van der Waals surface area contributed by atoms with E-state index in [1.807, 2.05) is 0 Å². The van der Waals surface area contributed by atoms with Crippen molar-refractivity contribution in [2.45, 2.75) is 284 Å². The predicted molar refractivity (Wildman–Crippen MR) is 325 cm³/mol. The molecule has 6 nitrogen and oxygen atoms in total. The summed E-state index contributed by atoms with van der Waals surface area (Å²) in [6.45, 7) is 6.45. The molecule has 0 radical (unpaired) electrons. The van der Waals surface area contributed by atoms with Gasteiger partial charge in [0.1, 0.15) is 13.2 Å². The number of carbonyl (C=O) groups is 3. The predicted octanol–water partition coefficient (Wildman–Crippen LogP) is 21.2. The standard InChI is InChI=1S/C69H114O6/c1-4-7-10-13-16-19-22-25-28-31-32-33-34-35-36-39-41-44-47-50-53-56-59-62-68(71)74-65-66(75-69(72)63-60-57-54-51-48-45-42-38-30-27-24-21-18-15-12-9-6-3)64-73-67(70)61-58-55-52-49-46-43-40-37-29-26-23-20-17-14-11-8-5-2/h7,10,16,18-19,21,25-30,32-33,35-36,41,44,50,53,66H,4-6,8-9,11-15,17,20,22-24,31,34,37-40,42-43,45-49,51-52,54-65H2,1-3H3/b10-7-,19-16-,21-18-,28-25-,29-26-,30-27-,33-32-,36-35-,44-41-,53-50-. The molecule has 1 atom stereocenters. The molecular formula is C69H114O6. The van der Waals surface area contributed by atoms with Gasteiger partial charge in [-0.05, 0) is 128 Å². The van der Waals surface area contributed by atoms with E-state index in [-0.39, 0.29) is 37.5 Å². The second-order valence-electron chi connectivity index (χ2n) is 20.2. The Kier molecular flexibility index (Phi) is 58.9. The van der Waals surface area contributed by atoms with Crippen LogP contribution < -0.4 is 0 Å². The van der Waals surface area contributed by atoms with Gasteiger partial charge in [0, 0.05) is 19.3 Å². The molecule has 0 aliphatic carbocycles. The van der Waals surface area contributed by atoms with Crippen LogP contribution in [0.5, 0.6) is 0 Å². The minimum Gasteiger partial charge on any atom is -0.462 e. The number of unbranched alkanes of at least 4 members (excludes halogenated alkanes) is 24. The van der Waals surface area contributed by atoms with Gasteiger partial charge >= 0.3 is 17.9 Å². The Bertz CT molecular complexity index is 1570. The van der Waals surface area contributed by atoms with E-state index in [9.17, 15) is 14.4 Å². The van der Waals surface area contributed by atoms with Crippen molar-refractivity contribution in [3.8, 4) is 0 Å². The number of hydrogen-bond acceptors (Lipinski definition) is 6. The van der Waals surface area contributed by atoms with Crippen LogP contribution in [0.4, 0.5) is 0 Å². The molecule has 0 aromatic rings. The lowest BCUT2D eigenvalue weighted by Gasteiger charge is -2.18. The Morgan fingerprint density at radius 2 is 0.533 bits per heavy atom. The molecule has 6 heteroatoms. The fraction of sp³-hybridized carbons (Fsp3) is 0.667. The van der Waals surface area contributed by atoms with Gasteiger partial charge in [0.2, 0.25) is 0 Å². The highest BCUT2D eigenvalue weighted by Gasteiger charge is 2.19. The molecule has 0 amide bonds. The van der Waals surface area contributed by atoms with Crippen molar-refractivity contribution in [2.75, 3.05) is 13.2 Å². The second-order valence-corrected chi connectivity index (χ2v) is 20.2. The molecule has 75 heavy (non-hydrogen) atoms. The number of ether oxygens (including phenoxy) is 3. The van der Waals surface area contributed by atoms with Crippen molar-refractivity contribution in [3.05, 3.63) is 122 Å². The maximum Gasteiger partial charge on any atom is 0.306 e. The molecule has 0 aromatic heterocycles. The summed E-state index contributed by atoms with van der Waals surface area (Å²) in [5.74, 6) is -0.975. The number of hydrogen-bond donors (Lipinski definition) is 0. The van der Waals surface area contributed by atoms with Crippen molar-refractivity contribution in [1.82, 2.24) is 0 Å². The van der Waals surface area contributed by atoms with E-state index in [2.05, 4.69) is 142 Å². The lowest BCUT2D eigenvalue weighted by molar-refractivity contribution is -0.167. The van der Waals surface area contributed by atoms with Crippen LogP contribution in [0.3, 0.4) is 0 Å². The maximum absolute atomic E-state index is 12.9. The topological polar surface area (TPSA) is 78.9 Å². The lowest BCUT2D eigenvalue weighted by Crippen LogP contribution is -2.30. The molecule has 1 unspecified atom stereocenters. The number of carbonyl (C=O) groups excluding carboxylic acids is 3. The summed E-state index contributed by atoms with van der Waals surface area (Å²) < 4.78 is 16.9. The van der Waals surface area contributed by atoms with Crippen molar-refractivity contribution >= 4 is 17.9 Å². The van der Waals surface area contributed by atoms with Gasteiger partial charge < -0.3 is 14.2 Å².